The van der Waals surface area contributed by atoms with E-state index in [4.69, 9.17) is 5.11 Å². The van der Waals surface area contributed by atoms with Gasteiger partial charge in [0.1, 0.15) is 0 Å². The molecule has 0 saturated carbocycles. The maximum Gasteiger partial charge on any atom is 0.335 e. The van der Waals surface area contributed by atoms with Crippen molar-refractivity contribution in [2.45, 2.75) is 30.4 Å². The average molecular weight is 318 g/mol. The van der Waals surface area contributed by atoms with Crippen LogP contribution >= 0.6 is 0 Å². The van der Waals surface area contributed by atoms with Crippen LogP contribution in [-0.2, 0) is 20.6 Å². The molecule has 112 valence electrons. The minimum atomic E-state index is -3.34. The van der Waals surface area contributed by atoms with Crippen molar-refractivity contribution >= 4 is 26.6 Å². The highest BCUT2D eigenvalue weighted by Crippen LogP contribution is 2.17. The molecule has 0 aliphatic heterocycles. The molecule has 0 heterocycles. The van der Waals surface area contributed by atoms with Gasteiger partial charge in [0, 0.05) is 10.6 Å². The monoisotopic (exact) mass is 318 g/mol. The maximum absolute atomic E-state index is 12.0. The van der Waals surface area contributed by atoms with E-state index in [0.717, 1.165) is 0 Å². The van der Waals surface area contributed by atoms with Crippen LogP contribution in [0.1, 0.15) is 31.1 Å². The Morgan fingerprint density at radius 1 is 1.30 bits per heavy atom. The predicted molar refractivity (Wildman–Crippen MR) is 78.2 cm³/mol. The average Bonchev–Trinajstić information content (AvgIpc) is 2.34. The summed E-state index contributed by atoms with van der Waals surface area (Å²) in [5, 5.41) is 8.86. The van der Waals surface area contributed by atoms with E-state index in [0.29, 0.717) is 4.90 Å². The summed E-state index contributed by atoms with van der Waals surface area (Å²) in [6.07, 6.45) is 0. The highest BCUT2D eigenvalue weighted by molar-refractivity contribution is 7.94. The molecule has 1 N–H and O–H groups in total. The summed E-state index contributed by atoms with van der Waals surface area (Å²) < 4.78 is 35.0. The van der Waals surface area contributed by atoms with E-state index in [1.54, 1.807) is 20.8 Å². The molecule has 1 rings (SSSR count). The number of hydrogen-bond acceptors (Lipinski definition) is 4. The van der Waals surface area contributed by atoms with Crippen molar-refractivity contribution in [1.29, 1.82) is 0 Å². The van der Waals surface area contributed by atoms with Gasteiger partial charge in [-0.1, -0.05) is 6.07 Å². The van der Waals surface area contributed by atoms with Crippen LogP contribution in [0.5, 0.6) is 0 Å². The highest BCUT2D eigenvalue weighted by atomic mass is 32.2. The van der Waals surface area contributed by atoms with E-state index in [9.17, 15) is 17.4 Å². The second-order valence-electron chi connectivity index (χ2n) is 5.31. The molecule has 0 spiro atoms. The molecule has 5 nitrogen and oxygen atoms in total. The summed E-state index contributed by atoms with van der Waals surface area (Å²) >= 11 is 0. The minimum absolute atomic E-state index is 0.0366. The zero-order chi connectivity index (χ0) is 15.6. The SMILES string of the molecule is CC(C)(C)S(=O)(=O)CCS(=O)c1cccc(C(=O)O)c1. The third kappa shape index (κ3) is 4.14. The van der Waals surface area contributed by atoms with E-state index in [1.807, 2.05) is 0 Å². The Labute approximate surface area is 121 Å². The first kappa shape index (κ1) is 16.8. The number of carboxylic acid groups (broad SMARTS) is 1. The Morgan fingerprint density at radius 3 is 2.40 bits per heavy atom. The van der Waals surface area contributed by atoms with Gasteiger partial charge in [-0.2, -0.15) is 0 Å². The van der Waals surface area contributed by atoms with Gasteiger partial charge in [0.25, 0.3) is 0 Å². The lowest BCUT2D eigenvalue weighted by Crippen LogP contribution is -2.32. The Bertz CT molecular complexity index is 626. The van der Waals surface area contributed by atoms with Crippen molar-refractivity contribution in [3.63, 3.8) is 0 Å². The standard InChI is InChI=1S/C13H18O5S2/c1-13(2,3)20(17,18)8-7-19(16)11-6-4-5-10(9-11)12(14)15/h4-6,9H,7-8H2,1-3H3,(H,14,15). The molecule has 1 atom stereocenters. The fourth-order valence-corrected chi connectivity index (χ4v) is 4.20. The van der Waals surface area contributed by atoms with Gasteiger partial charge in [-0.15, -0.1) is 0 Å². The zero-order valence-electron chi connectivity index (χ0n) is 11.6. The molecule has 0 bridgehead atoms. The fourth-order valence-electron chi connectivity index (χ4n) is 1.38. The quantitative estimate of drug-likeness (QED) is 0.892. The van der Waals surface area contributed by atoms with Crippen LogP contribution in [0.2, 0.25) is 0 Å². The van der Waals surface area contributed by atoms with E-state index in [2.05, 4.69) is 0 Å². The van der Waals surface area contributed by atoms with Gasteiger partial charge in [0.05, 0.1) is 26.9 Å². The normalized spacial score (nSPS) is 13.9. The first-order valence-corrected chi connectivity index (χ1v) is 8.96. The maximum atomic E-state index is 12.0. The van der Waals surface area contributed by atoms with Crippen molar-refractivity contribution in [2.75, 3.05) is 11.5 Å². The smallest absolute Gasteiger partial charge is 0.335 e. The number of carbonyl (C=O) groups is 1. The molecule has 0 radical (unpaired) electrons. The molecule has 7 heteroatoms. The number of benzene rings is 1. The van der Waals surface area contributed by atoms with E-state index in [1.165, 1.54) is 24.3 Å². The van der Waals surface area contributed by atoms with Gasteiger partial charge in [-0.25, -0.2) is 13.2 Å². The van der Waals surface area contributed by atoms with E-state index >= 15 is 0 Å². The van der Waals surface area contributed by atoms with Crippen LogP contribution in [0, 0.1) is 0 Å². The number of sulfone groups is 1. The summed E-state index contributed by atoms with van der Waals surface area (Å²) in [7, 11) is -4.87. The van der Waals surface area contributed by atoms with Crippen molar-refractivity contribution in [3.05, 3.63) is 29.8 Å². The van der Waals surface area contributed by atoms with Gasteiger partial charge < -0.3 is 5.11 Å². The zero-order valence-corrected chi connectivity index (χ0v) is 13.3. The molecule has 0 amide bonds. The lowest BCUT2D eigenvalue weighted by molar-refractivity contribution is 0.0696. The molecule has 0 aromatic heterocycles. The third-order valence-corrected chi connectivity index (χ3v) is 7.04. The summed E-state index contributed by atoms with van der Waals surface area (Å²) in [5.41, 5.74) is 0.0366. The molecular formula is C13H18O5S2. The van der Waals surface area contributed by atoms with E-state index < -0.39 is 31.4 Å². The lowest BCUT2D eigenvalue weighted by atomic mass is 10.2. The topological polar surface area (TPSA) is 88.5 Å². The summed E-state index contributed by atoms with van der Waals surface area (Å²) in [6.45, 7) is 4.78. The van der Waals surface area contributed by atoms with Crippen LogP contribution < -0.4 is 0 Å². The number of aromatic carboxylic acids is 1. The highest BCUT2D eigenvalue weighted by Gasteiger charge is 2.29. The Balaban J connectivity index is 2.83. The summed E-state index contributed by atoms with van der Waals surface area (Å²) in [6, 6.07) is 5.73. The van der Waals surface area contributed by atoms with Crippen LogP contribution in [0.15, 0.2) is 29.2 Å². The van der Waals surface area contributed by atoms with Gasteiger partial charge in [0.15, 0.2) is 9.84 Å². The molecule has 1 aromatic carbocycles. The number of hydrogen-bond donors (Lipinski definition) is 1. The molecule has 1 aromatic rings. The van der Waals surface area contributed by atoms with Crippen molar-refractivity contribution in [1.82, 2.24) is 0 Å². The summed E-state index contributed by atoms with van der Waals surface area (Å²) in [5.74, 6) is -1.34. The van der Waals surface area contributed by atoms with Crippen LogP contribution in [0.25, 0.3) is 0 Å². The molecule has 20 heavy (non-hydrogen) atoms. The van der Waals surface area contributed by atoms with Crippen LogP contribution in [0.4, 0.5) is 0 Å². The molecule has 0 aliphatic carbocycles. The van der Waals surface area contributed by atoms with Gasteiger partial charge >= 0.3 is 5.97 Å². The molecule has 0 saturated heterocycles. The van der Waals surface area contributed by atoms with Crippen LogP contribution in [0.3, 0.4) is 0 Å². The lowest BCUT2D eigenvalue weighted by Gasteiger charge is -2.18. The largest absolute Gasteiger partial charge is 0.478 e. The first-order chi connectivity index (χ1) is 9.04. The van der Waals surface area contributed by atoms with Gasteiger partial charge in [-0.05, 0) is 39.0 Å². The fraction of sp³-hybridized carbons (Fsp3) is 0.462. The Hall–Kier alpha value is -1.21. The van der Waals surface area contributed by atoms with E-state index in [-0.39, 0.29) is 17.1 Å². The third-order valence-electron chi connectivity index (χ3n) is 2.81. The first-order valence-electron chi connectivity index (χ1n) is 5.98. The van der Waals surface area contributed by atoms with Gasteiger partial charge in [-0.3, -0.25) is 4.21 Å². The minimum Gasteiger partial charge on any atom is -0.478 e. The van der Waals surface area contributed by atoms with Gasteiger partial charge in [0.2, 0.25) is 0 Å². The second-order valence-corrected chi connectivity index (χ2v) is 9.75. The Morgan fingerprint density at radius 2 is 1.90 bits per heavy atom. The predicted octanol–water partition coefficient (Wildman–Crippen LogP) is 1.71. The van der Waals surface area contributed by atoms with Crippen LogP contribution in [-0.4, -0.2) is 40.0 Å². The molecule has 1 unspecified atom stereocenters. The number of rotatable bonds is 5. The van der Waals surface area contributed by atoms with Crippen molar-refractivity contribution in [3.8, 4) is 0 Å². The molecular weight excluding hydrogens is 300 g/mol. The van der Waals surface area contributed by atoms with Crippen molar-refractivity contribution in [2.24, 2.45) is 0 Å². The van der Waals surface area contributed by atoms with Crippen molar-refractivity contribution < 1.29 is 22.5 Å². The molecule has 0 fully saturated rings. The molecule has 0 aliphatic rings. The summed E-state index contributed by atoms with van der Waals surface area (Å²) in [4.78, 5) is 11.2. The second kappa shape index (κ2) is 6.05. The Kier molecular flexibility index (Phi) is 5.10. The number of carboxylic acids is 1.